The molecule has 1 aromatic rings. The van der Waals surface area contributed by atoms with Crippen LogP contribution in [-0.2, 0) is 13.5 Å². The molecule has 0 bridgehead atoms. The topological polar surface area (TPSA) is 33.1 Å². The Labute approximate surface area is 129 Å². The fourth-order valence-corrected chi connectivity index (χ4v) is 3.68. The lowest BCUT2D eigenvalue weighted by molar-refractivity contribution is 0.0304. The summed E-state index contributed by atoms with van der Waals surface area (Å²) in [6.07, 6.45) is 7.99. The quantitative estimate of drug-likeness (QED) is 0.838. The van der Waals surface area contributed by atoms with E-state index in [0.717, 1.165) is 19.5 Å². The second kappa shape index (κ2) is 7.41. The molecule has 0 aromatic carbocycles. The lowest BCUT2D eigenvalue weighted by atomic mass is 9.86. The fraction of sp³-hybridized carbons (Fsp3) is 0.824. The number of nitrogens with zero attached hydrogens (tertiary/aromatic N) is 3. The van der Waals surface area contributed by atoms with E-state index in [-0.39, 0.29) is 0 Å². The normalized spacial score (nSPS) is 22.6. The molecule has 1 N–H and O–H groups in total. The zero-order valence-corrected chi connectivity index (χ0v) is 14.2. The van der Waals surface area contributed by atoms with Crippen molar-refractivity contribution in [2.75, 3.05) is 19.6 Å². The maximum Gasteiger partial charge on any atom is 0.0492 e. The van der Waals surface area contributed by atoms with Crippen LogP contribution in [0.4, 0.5) is 0 Å². The number of hydrogen-bond donors (Lipinski definition) is 1. The van der Waals surface area contributed by atoms with Crippen molar-refractivity contribution in [3.8, 4) is 0 Å². The van der Waals surface area contributed by atoms with Crippen molar-refractivity contribution in [1.82, 2.24) is 20.0 Å². The molecule has 1 unspecified atom stereocenters. The van der Waals surface area contributed by atoms with Crippen LogP contribution in [0.5, 0.6) is 0 Å². The van der Waals surface area contributed by atoms with Crippen LogP contribution in [0.3, 0.4) is 0 Å². The highest BCUT2D eigenvalue weighted by Crippen LogP contribution is 2.28. The molecule has 0 saturated carbocycles. The van der Waals surface area contributed by atoms with Crippen LogP contribution < -0.4 is 5.32 Å². The van der Waals surface area contributed by atoms with E-state index in [1.54, 1.807) is 0 Å². The van der Waals surface area contributed by atoms with Crippen LogP contribution in [0.1, 0.15) is 52.1 Å². The van der Waals surface area contributed by atoms with Gasteiger partial charge in [0.05, 0.1) is 0 Å². The van der Waals surface area contributed by atoms with E-state index in [1.807, 2.05) is 17.9 Å². The van der Waals surface area contributed by atoms with E-state index in [1.165, 1.54) is 37.9 Å². The average Bonchev–Trinajstić information content (AvgIpc) is 2.91. The third kappa shape index (κ3) is 3.67. The average molecular weight is 292 g/mol. The Hall–Kier alpha value is -0.870. The molecular weight excluding hydrogens is 260 g/mol. The summed E-state index contributed by atoms with van der Waals surface area (Å²) in [6, 6.07) is 2.80. The van der Waals surface area contributed by atoms with Crippen LogP contribution in [0, 0.1) is 0 Å². The summed E-state index contributed by atoms with van der Waals surface area (Å²) in [5.74, 6) is 0. The van der Waals surface area contributed by atoms with E-state index in [0.29, 0.717) is 11.6 Å². The highest BCUT2D eigenvalue weighted by atomic mass is 15.3. The van der Waals surface area contributed by atoms with E-state index < -0.39 is 0 Å². The predicted octanol–water partition coefficient (Wildman–Crippen LogP) is 2.60. The number of aryl methyl sites for hydroxylation is 1. The second-order valence-corrected chi connectivity index (χ2v) is 6.44. The largest absolute Gasteiger partial charge is 0.311 e. The van der Waals surface area contributed by atoms with Crippen LogP contribution >= 0.6 is 0 Å². The maximum atomic E-state index is 4.29. The number of hydrogen-bond acceptors (Lipinski definition) is 3. The molecule has 0 radical (unpaired) electrons. The Bertz CT molecular complexity index is 422. The van der Waals surface area contributed by atoms with Crippen LogP contribution in [0.2, 0.25) is 0 Å². The molecule has 4 nitrogen and oxygen atoms in total. The summed E-state index contributed by atoms with van der Waals surface area (Å²) >= 11 is 0. The molecule has 21 heavy (non-hydrogen) atoms. The van der Waals surface area contributed by atoms with Gasteiger partial charge in [-0.15, -0.1) is 0 Å². The monoisotopic (exact) mass is 292 g/mol. The summed E-state index contributed by atoms with van der Waals surface area (Å²) in [5, 5.41) is 8.08. The van der Waals surface area contributed by atoms with Gasteiger partial charge >= 0.3 is 0 Å². The Morgan fingerprint density at radius 3 is 2.67 bits per heavy atom. The van der Waals surface area contributed by atoms with Crippen molar-refractivity contribution in [2.24, 2.45) is 7.05 Å². The molecule has 4 heteroatoms. The molecule has 1 saturated heterocycles. The molecule has 1 fully saturated rings. The lowest BCUT2D eigenvalue weighted by Crippen LogP contribution is -2.64. The van der Waals surface area contributed by atoms with Gasteiger partial charge in [-0.25, -0.2) is 0 Å². The summed E-state index contributed by atoms with van der Waals surface area (Å²) in [4.78, 5) is 2.75. The van der Waals surface area contributed by atoms with Gasteiger partial charge in [-0.2, -0.15) is 5.10 Å². The van der Waals surface area contributed by atoms with Gasteiger partial charge in [-0.1, -0.05) is 27.2 Å². The van der Waals surface area contributed by atoms with E-state index in [9.17, 15) is 0 Å². The van der Waals surface area contributed by atoms with Gasteiger partial charge in [-0.3, -0.25) is 9.58 Å². The Morgan fingerprint density at radius 2 is 2.10 bits per heavy atom. The third-order valence-corrected chi connectivity index (χ3v) is 5.35. The van der Waals surface area contributed by atoms with Gasteiger partial charge in [0.15, 0.2) is 0 Å². The molecule has 0 aliphatic carbocycles. The fourth-order valence-electron chi connectivity index (χ4n) is 3.68. The van der Waals surface area contributed by atoms with Crippen molar-refractivity contribution in [1.29, 1.82) is 0 Å². The molecule has 2 rings (SSSR count). The van der Waals surface area contributed by atoms with Gasteiger partial charge in [0.1, 0.15) is 0 Å². The Kier molecular flexibility index (Phi) is 5.82. The highest BCUT2D eigenvalue weighted by Gasteiger charge is 2.38. The molecule has 1 atom stereocenters. The SMILES string of the molecule is CCCC1CN(CCc2ccnn2C)C(CC)(CC)CN1. The summed E-state index contributed by atoms with van der Waals surface area (Å²) < 4.78 is 2.01. The van der Waals surface area contributed by atoms with Gasteiger partial charge < -0.3 is 5.32 Å². The van der Waals surface area contributed by atoms with Crippen molar-refractivity contribution in [2.45, 2.75) is 64.5 Å². The first-order valence-electron chi connectivity index (χ1n) is 8.60. The van der Waals surface area contributed by atoms with E-state index in [2.05, 4.69) is 42.2 Å². The smallest absolute Gasteiger partial charge is 0.0492 e. The first-order valence-corrected chi connectivity index (χ1v) is 8.60. The van der Waals surface area contributed by atoms with Gasteiger partial charge in [0, 0.05) is 56.6 Å². The van der Waals surface area contributed by atoms with Crippen LogP contribution in [-0.4, -0.2) is 45.9 Å². The molecule has 0 spiro atoms. The minimum absolute atomic E-state index is 0.336. The van der Waals surface area contributed by atoms with Crippen molar-refractivity contribution < 1.29 is 0 Å². The van der Waals surface area contributed by atoms with Gasteiger partial charge in [-0.05, 0) is 25.3 Å². The van der Waals surface area contributed by atoms with Crippen LogP contribution in [0.15, 0.2) is 12.3 Å². The van der Waals surface area contributed by atoms with Crippen molar-refractivity contribution in [3.63, 3.8) is 0 Å². The minimum Gasteiger partial charge on any atom is -0.311 e. The van der Waals surface area contributed by atoms with Gasteiger partial charge in [0.2, 0.25) is 0 Å². The first kappa shape index (κ1) is 16.5. The molecule has 1 aliphatic rings. The standard InChI is InChI=1S/C17H32N4/c1-5-8-15-13-21(17(6-2,7-3)14-18-15)12-10-16-9-11-19-20(16)4/h9,11,15,18H,5-8,10,12-14H2,1-4H3. The molecule has 0 amide bonds. The maximum absolute atomic E-state index is 4.29. The predicted molar refractivity (Wildman–Crippen MR) is 88.5 cm³/mol. The highest BCUT2D eigenvalue weighted by molar-refractivity contribution is 5.03. The third-order valence-electron chi connectivity index (χ3n) is 5.35. The van der Waals surface area contributed by atoms with Crippen LogP contribution in [0.25, 0.3) is 0 Å². The number of nitrogens with one attached hydrogen (secondary N) is 1. The lowest BCUT2D eigenvalue weighted by Gasteiger charge is -2.50. The molecule has 120 valence electrons. The number of piperazine rings is 1. The Balaban J connectivity index is 2.04. The zero-order valence-electron chi connectivity index (χ0n) is 14.2. The molecule has 1 aromatic heterocycles. The van der Waals surface area contributed by atoms with Crippen molar-refractivity contribution in [3.05, 3.63) is 18.0 Å². The summed E-state index contributed by atoms with van der Waals surface area (Å²) in [5.41, 5.74) is 1.67. The molecule has 2 heterocycles. The Morgan fingerprint density at radius 1 is 1.33 bits per heavy atom. The molecule has 1 aliphatic heterocycles. The molecular formula is C17H32N4. The number of rotatable bonds is 7. The van der Waals surface area contributed by atoms with E-state index >= 15 is 0 Å². The number of aromatic nitrogens is 2. The minimum atomic E-state index is 0.336. The zero-order chi connectivity index (χ0) is 15.3. The first-order chi connectivity index (χ1) is 10.1. The van der Waals surface area contributed by atoms with Crippen molar-refractivity contribution >= 4 is 0 Å². The van der Waals surface area contributed by atoms with Gasteiger partial charge in [0.25, 0.3) is 0 Å². The second-order valence-electron chi connectivity index (χ2n) is 6.44. The van der Waals surface area contributed by atoms with E-state index in [4.69, 9.17) is 0 Å². The summed E-state index contributed by atoms with van der Waals surface area (Å²) in [6.45, 7) is 10.4. The summed E-state index contributed by atoms with van der Waals surface area (Å²) in [7, 11) is 2.04.